The summed E-state index contributed by atoms with van der Waals surface area (Å²) in [6, 6.07) is 4.70. The van der Waals surface area contributed by atoms with E-state index in [0.717, 1.165) is 13.0 Å². The van der Waals surface area contributed by atoms with Crippen LogP contribution in [0.15, 0.2) is 18.2 Å². The molecule has 1 fully saturated rings. The summed E-state index contributed by atoms with van der Waals surface area (Å²) in [5.41, 5.74) is 0.475. The first-order valence-electron chi connectivity index (χ1n) is 5.88. The lowest BCUT2D eigenvalue weighted by molar-refractivity contribution is 0.0788. The Morgan fingerprint density at radius 3 is 2.94 bits per heavy atom. The van der Waals surface area contributed by atoms with Gasteiger partial charge in [-0.25, -0.2) is 0 Å². The zero-order valence-corrected chi connectivity index (χ0v) is 11.0. The second-order valence-corrected chi connectivity index (χ2v) is 4.76. The maximum absolute atomic E-state index is 12.2. The van der Waals surface area contributed by atoms with Gasteiger partial charge >= 0.3 is 0 Å². The van der Waals surface area contributed by atoms with Gasteiger partial charge < -0.3 is 14.7 Å². The SMILES string of the molecule is COc1ccc(C(=O)N2CCC(CCl)C2)cc1O. The fourth-order valence-corrected chi connectivity index (χ4v) is 2.40. The van der Waals surface area contributed by atoms with Crippen molar-refractivity contribution in [3.05, 3.63) is 23.8 Å². The van der Waals surface area contributed by atoms with Gasteiger partial charge in [-0.1, -0.05) is 0 Å². The third-order valence-electron chi connectivity index (χ3n) is 3.22. The molecule has 1 aromatic carbocycles. The van der Waals surface area contributed by atoms with Crippen molar-refractivity contribution in [3.8, 4) is 11.5 Å². The minimum atomic E-state index is -0.0689. The molecule has 1 unspecified atom stereocenters. The molecule has 1 atom stereocenters. The van der Waals surface area contributed by atoms with E-state index in [2.05, 4.69) is 0 Å². The fourth-order valence-electron chi connectivity index (χ4n) is 2.15. The van der Waals surface area contributed by atoms with Crippen LogP contribution in [0.3, 0.4) is 0 Å². The van der Waals surface area contributed by atoms with Crippen molar-refractivity contribution >= 4 is 17.5 Å². The van der Waals surface area contributed by atoms with Gasteiger partial charge in [0.05, 0.1) is 7.11 Å². The predicted molar refractivity (Wildman–Crippen MR) is 69.4 cm³/mol. The van der Waals surface area contributed by atoms with Crippen molar-refractivity contribution in [3.63, 3.8) is 0 Å². The minimum absolute atomic E-state index is 0.0172. The average molecular weight is 270 g/mol. The van der Waals surface area contributed by atoms with Gasteiger partial charge in [0.15, 0.2) is 11.5 Å². The number of methoxy groups -OCH3 is 1. The number of ether oxygens (including phenoxy) is 1. The first kappa shape index (κ1) is 13.0. The summed E-state index contributed by atoms with van der Waals surface area (Å²) in [7, 11) is 1.47. The van der Waals surface area contributed by atoms with Gasteiger partial charge in [0.1, 0.15) is 0 Å². The van der Waals surface area contributed by atoms with E-state index >= 15 is 0 Å². The summed E-state index contributed by atoms with van der Waals surface area (Å²) >= 11 is 5.79. The molecule has 1 heterocycles. The van der Waals surface area contributed by atoms with E-state index in [1.807, 2.05) is 0 Å². The molecule has 1 aliphatic heterocycles. The van der Waals surface area contributed by atoms with Crippen LogP contribution in [0.2, 0.25) is 0 Å². The van der Waals surface area contributed by atoms with Gasteiger partial charge in [-0.3, -0.25) is 4.79 Å². The fraction of sp³-hybridized carbons (Fsp3) is 0.462. The van der Waals surface area contributed by atoms with Crippen LogP contribution in [0, 0.1) is 5.92 Å². The van der Waals surface area contributed by atoms with Crippen LogP contribution in [0.4, 0.5) is 0 Å². The number of carbonyl (C=O) groups excluding carboxylic acids is 1. The number of hydrogen-bond acceptors (Lipinski definition) is 3. The molecule has 98 valence electrons. The number of benzene rings is 1. The Hall–Kier alpha value is -1.42. The Balaban J connectivity index is 2.12. The number of phenolic OH excluding ortho intramolecular Hbond substituents is 1. The number of nitrogens with zero attached hydrogens (tertiary/aromatic N) is 1. The van der Waals surface area contributed by atoms with Crippen molar-refractivity contribution in [2.45, 2.75) is 6.42 Å². The standard InChI is InChI=1S/C13H16ClNO3/c1-18-12-3-2-10(6-11(12)16)13(17)15-5-4-9(7-14)8-15/h2-3,6,9,16H,4-5,7-8H2,1H3. The van der Waals surface area contributed by atoms with E-state index in [9.17, 15) is 9.90 Å². The zero-order chi connectivity index (χ0) is 13.1. The van der Waals surface area contributed by atoms with Gasteiger partial charge in [0.2, 0.25) is 0 Å². The molecule has 0 spiro atoms. The van der Waals surface area contributed by atoms with Crippen molar-refractivity contribution in [1.29, 1.82) is 0 Å². The van der Waals surface area contributed by atoms with E-state index in [-0.39, 0.29) is 11.7 Å². The molecule has 1 N–H and O–H groups in total. The average Bonchev–Trinajstić information content (AvgIpc) is 2.86. The molecule has 2 rings (SSSR count). The first-order valence-corrected chi connectivity index (χ1v) is 6.41. The Bertz CT molecular complexity index is 450. The molecule has 0 bridgehead atoms. The maximum atomic E-state index is 12.2. The smallest absolute Gasteiger partial charge is 0.254 e. The molecule has 0 radical (unpaired) electrons. The summed E-state index contributed by atoms with van der Waals surface area (Å²) in [6.07, 6.45) is 0.942. The molecule has 1 amide bonds. The molecular formula is C13H16ClNO3. The molecule has 5 heteroatoms. The first-order chi connectivity index (χ1) is 8.65. The molecule has 4 nitrogen and oxygen atoms in total. The number of alkyl halides is 1. The molecule has 1 aliphatic rings. The highest BCUT2D eigenvalue weighted by Gasteiger charge is 2.26. The van der Waals surface area contributed by atoms with Crippen LogP contribution in [-0.4, -0.2) is 42.0 Å². The monoisotopic (exact) mass is 269 g/mol. The number of hydrogen-bond donors (Lipinski definition) is 1. The predicted octanol–water partition coefficient (Wildman–Crippen LogP) is 2.10. The Morgan fingerprint density at radius 1 is 1.61 bits per heavy atom. The number of amides is 1. The van der Waals surface area contributed by atoms with Crippen LogP contribution >= 0.6 is 11.6 Å². The quantitative estimate of drug-likeness (QED) is 0.855. The molecule has 1 saturated heterocycles. The lowest BCUT2D eigenvalue weighted by Crippen LogP contribution is -2.28. The van der Waals surface area contributed by atoms with Gasteiger partial charge in [-0.05, 0) is 30.5 Å². The highest BCUT2D eigenvalue weighted by atomic mass is 35.5. The van der Waals surface area contributed by atoms with Crippen LogP contribution in [0.5, 0.6) is 11.5 Å². The van der Waals surface area contributed by atoms with Gasteiger partial charge in [-0.15, -0.1) is 11.6 Å². The normalized spacial score (nSPS) is 19.0. The maximum Gasteiger partial charge on any atom is 0.254 e. The summed E-state index contributed by atoms with van der Waals surface area (Å²) in [6.45, 7) is 1.41. The molecule has 0 aromatic heterocycles. The molecule has 0 aliphatic carbocycles. The Kier molecular flexibility index (Phi) is 3.97. The third-order valence-corrected chi connectivity index (χ3v) is 3.65. The van der Waals surface area contributed by atoms with Gasteiger partial charge in [0.25, 0.3) is 5.91 Å². The molecule has 18 heavy (non-hydrogen) atoms. The lowest BCUT2D eigenvalue weighted by atomic mass is 10.1. The molecule has 1 aromatic rings. The number of phenols is 1. The van der Waals surface area contributed by atoms with E-state index in [4.69, 9.17) is 16.3 Å². The summed E-state index contributed by atoms with van der Waals surface area (Å²) in [5.74, 6) is 1.24. The summed E-state index contributed by atoms with van der Waals surface area (Å²) in [5, 5.41) is 9.66. The van der Waals surface area contributed by atoms with Gasteiger partial charge in [-0.2, -0.15) is 0 Å². The Labute approximate surface area is 111 Å². The summed E-state index contributed by atoms with van der Waals surface area (Å²) < 4.78 is 4.95. The number of likely N-dealkylation sites (tertiary alicyclic amines) is 1. The highest BCUT2D eigenvalue weighted by molar-refractivity contribution is 6.18. The number of rotatable bonds is 3. The van der Waals surface area contributed by atoms with E-state index in [1.165, 1.54) is 13.2 Å². The van der Waals surface area contributed by atoms with E-state index in [1.54, 1.807) is 17.0 Å². The van der Waals surface area contributed by atoms with Gasteiger partial charge in [0, 0.05) is 24.5 Å². The molecular weight excluding hydrogens is 254 g/mol. The highest BCUT2D eigenvalue weighted by Crippen LogP contribution is 2.28. The number of aromatic hydroxyl groups is 1. The third kappa shape index (κ3) is 2.53. The summed E-state index contributed by atoms with van der Waals surface area (Å²) in [4.78, 5) is 14.0. The van der Waals surface area contributed by atoms with Crippen LogP contribution in [0.1, 0.15) is 16.8 Å². The second-order valence-electron chi connectivity index (χ2n) is 4.45. The van der Waals surface area contributed by atoms with Crippen molar-refractivity contribution in [2.75, 3.05) is 26.1 Å². The van der Waals surface area contributed by atoms with Crippen molar-refractivity contribution in [2.24, 2.45) is 5.92 Å². The van der Waals surface area contributed by atoms with Crippen molar-refractivity contribution in [1.82, 2.24) is 4.90 Å². The zero-order valence-electron chi connectivity index (χ0n) is 10.2. The van der Waals surface area contributed by atoms with Crippen LogP contribution in [-0.2, 0) is 0 Å². The molecule has 0 saturated carbocycles. The van der Waals surface area contributed by atoms with E-state index in [0.29, 0.717) is 29.7 Å². The van der Waals surface area contributed by atoms with Crippen LogP contribution in [0.25, 0.3) is 0 Å². The second kappa shape index (κ2) is 5.48. The van der Waals surface area contributed by atoms with E-state index < -0.39 is 0 Å². The number of carbonyl (C=O) groups is 1. The largest absolute Gasteiger partial charge is 0.504 e. The minimum Gasteiger partial charge on any atom is -0.504 e. The Morgan fingerprint density at radius 2 is 2.39 bits per heavy atom. The lowest BCUT2D eigenvalue weighted by Gasteiger charge is -2.16. The van der Waals surface area contributed by atoms with Crippen molar-refractivity contribution < 1.29 is 14.6 Å². The number of halogens is 1. The topological polar surface area (TPSA) is 49.8 Å². The van der Waals surface area contributed by atoms with Crippen LogP contribution < -0.4 is 4.74 Å².